The first kappa shape index (κ1) is 11.0. The SMILES string of the molecule is Cc1ncc(CNc2ncc([N+](=O)[O-])s2)s1. The highest BCUT2D eigenvalue weighted by molar-refractivity contribution is 7.18. The van der Waals surface area contributed by atoms with Crippen molar-refractivity contribution in [1.82, 2.24) is 9.97 Å². The van der Waals surface area contributed by atoms with Gasteiger partial charge >= 0.3 is 5.00 Å². The van der Waals surface area contributed by atoms with E-state index in [1.807, 2.05) is 6.92 Å². The second-order valence-corrected chi connectivity index (χ2v) is 5.29. The maximum absolute atomic E-state index is 10.4. The molecule has 0 aliphatic carbocycles. The molecule has 0 aliphatic heterocycles. The summed E-state index contributed by atoms with van der Waals surface area (Å²) in [7, 11) is 0. The zero-order valence-corrected chi connectivity index (χ0v) is 9.97. The number of aromatic nitrogens is 2. The summed E-state index contributed by atoms with van der Waals surface area (Å²) in [6.45, 7) is 2.53. The molecule has 0 aromatic carbocycles. The minimum Gasteiger partial charge on any atom is -0.356 e. The van der Waals surface area contributed by atoms with E-state index in [0.29, 0.717) is 11.7 Å². The van der Waals surface area contributed by atoms with Crippen LogP contribution in [-0.4, -0.2) is 14.9 Å². The van der Waals surface area contributed by atoms with Crippen LogP contribution in [-0.2, 0) is 6.54 Å². The Morgan fingerprint density at radius 1 is 1.44 bits per heavy atom. The lowest BCUT2D eigenvalue weighted by molar-refractivity contribution is -0.380. The van der Waals surface area contributed by atoms with E-state index in [1.54, 1.807) is 17.5 Å². The van der Waals surface area contributed by atoms with Crippen molar-refractivity contribution >= 4 is 32.8 Å². The Morgan fingerprint density at radius 2 is 2.25 bits per heavy atom. The van der Waals surface area contributed by atoms with Crippen molar-refractivity contribution in [2.45, 2.75) is 13.5 Å². The molecule has 0 saturated carbocycles. The first-order valence-corrected chi connectivity index (χ1v) is 6.04. The standard InChI is InChI=1S/C8H8N4O2S2/c1-5-9-2-6(15-5)3-10-8-11-4-7(16-8)12(13)14/h2,4H,3H2,1H3,(H,10,11). The lowest BCUT2D eigenvalue weighted by Gasteiger charge is -1.96. The van der Waals surface area contributed by atoms with E-state index in [1.165, 1.54) is 6.20 Å². The second-order valence-electron chi connectivity index (χ2n) is 2.96. The predicted octanol–water partition coefficient (Wildman–Crippen LogP) is 2.43. The number of nitrogens with zero attached hydrogens (tertiary/aromatic N) is 3. The second kappa shape index (κ2) is 4.54. The van der Waals surface area contributed by atoms with Crippen molar-refractivity contribution in [3.05, 3.63) is 32.4 Å². The molecule has 0 fully saturated rings. The van der Waals surface area contributed by atoms with Gasteiger partial charge in [-0.15, -0.1) is 11.3 Å². The van der Waals surface area contributed by atoms with Crippen LogP contribution >= 0.6 is 22.7 Å². The molecule has 0 unspecified atom stereocenters. The third kappa shape index (κ3) is 2.52. The Hall–Kier alpha value is -1.54. The lowest BCUT2D eigenvalue weighted by atomic mass is 10.5. The molecule has 8 heteroatoms. The summed E-state index contributed by atoms with van der Waals surface area (Å²) in [5.74, 6) is 0. The minimum absolute atomic E-state index is 0.0444. The van der Waals surface area contributed by atoms with Gasteiger partial charge in [-0.05, 0) is 18.3 Å². The number of hydrogen-bond donors (Lipinski definition) is 1. The fraction of sp³-hybridized carbons (Fsp3) is 0.250. The van der Waals surface area contributed by atoms with Gasteiger partial charge in [0.25, 0.3) is 0 Å². The van der Waals surface area contributed by atoms with Crippen molar-refractivity contribution in [2.75, 3.05) is 5.32 Å². The van der Waals surface area contributed by atoms with Crippen molar-refractivity contribution in [3.8, 4) is 0 Å². The molecule has 0 spiro atoms. The first-order chi connectivity index (χ1) is 7.65. The van der Waals surface area contributed by atoms with Gasteiger partial charge in [0, 0.05) is 11.1 Å². The highest BCUT2D eigenvalue weighted by Crippen LogP contribution is 2.25. The summed E-state index contributed by atoms with van der Waals surface area (Å²) >= 11 is 2.62. The van der Waals surface area contributed by atoms with E-state index in [9.17, 15) is 10.1 Å². The molecule has 2 aromatic rings. The van der Waals surface area contributed by atoms with E-state index in [4.69, 9.17) is 0 Å². The Bertz CT molecular complexity index is 508. The number of hydrogen-bond acceptors (Lipinski definition) is 7. The Kier molecular flexibility index (Phi) is 3.11. The number of aryl methyl sites for hydroxylation is 1. The molecule has 16 heavy (non-hydrogen) atoms. The maximum atomic E-state index is 10.4. The molecule has 0 aliphatic rings. The van der Waals surface area contributed by atoms with Crippen LogP contribution in [0.15, 0.2) is 12.4 Å². The monoisotopic (exact) mass is 256 g/mol. The van der Waals surface area contributed by atoms with Crippen LogP contribution in [0.5, 0.6) is 0 Å². The van der Waals surface area contributed by atoms with Gasteiger partial charge < -0.3 is 5.32 Å². The van der Waals surface area contributed by atoms with Crippen LogP contribution in [0.3, 0.4) is 0 Å². The van der Waals surface area contributed by atoms with Gasteiger partial charge in [0.2, 0.25) is 0 Å². The third-order valence-electron chi connectivity index (χ3n) is 1.76. The number of nitro groups is 1. The molecule has 0 bridgehead atoms. The number of thiazole rings is 2. The summed E-state index contributed by atoms with van der Waals surface area (Å²) in [5, 5.41) is 15.1. The molecule has 2 aromatic heterocycles. The van der Waals surface area contributed by atoms with Gasteiger partial charge in [0.05, 0.1) is 16.5 Å². The van der Waals surface area contributed by atoms with E-state index >= 15 is 0 Å². The van der Waals surface area contributed by atoms with Gasteiger partial charge in [-0.1, -0.05) is 0 Å². The zero-order valence-electron chi connectivity index (χ0n) is 8.34. The van der Waals surface area contributed by atoms with Gasteiger partial charge in [-0.3, -0.25) is 10.1 Å². The van der Waals surface area contributed by atoms with Crippen LogP contribution < -0.4 is 5.32 Å². The highest BCUT2D eigenvalue weighted by Gasteiger charge is 2.11. The molecule has 84 valence electrons. The quantitative estimate of drug-likeness (QED) is 0.671. The van der Waals surface area contributed by atoms with Gasteiger partial charge in [-0.2, -0.15) is 0 Å². The average Bonchev–Trinajstić information content (AvgIpc) is 2.83. The lowest BCUT2D eigenvalue weighted by Crippen LogP contribution is -1.95. The van der Waals surface area contributed by atoms with Crippen LogP contribution in [0, 0.1) is 17.0 Å². The summed E-state index contributed by atoms with van der Waals surface area (Å²) < 4.78 is 0. The highest BCUT2D eigenvalue weighted by atomic mass is 32.1. The number of nitrogens with one attached hydrogen (secondary N) is 1. The van der Waals surface area contributed by atoms with E-state index < -0.39 is 4.92 Å². The van der Waals surface area contributed by atoms with Crippen LogP contribution in [0.4, 0.5) is 10.1 Å². The molecule has 2 heterocycles. The summed E-state index contributed by atoms with van der Waals surface area (Å²) in [6, 6.07) is 0. The van der Waals surface area contributed by atoms with Crippen LogP contribution in [0.25, 0.3) is 0 Å². The molecule has 0 amide bonds. The molecule has 6 nitrogen and oxygen atoms in total. The third-order valence-corrected chi connectivity index (χ3v) is 3.58. The Balaban J connectivity index is 1.97. The zero-order chi connectivity index (χ0) is 11.5. The normalized spacial score (nSPS) is 10.3. The van der Waals surface area contributed by atoms with E-state index in [-0.39, 0.29) is 5.00 Å². The van der Waals surface area contributed by atoms with Gasteiger partial charge in [0.1, 0.15) is 6.20 Å². The molecule has 0 radical (unpaired) electrons. The largest absolute Gasteiger partial charge is 0.356 e. The predicted molar refractivity (Wildman–Crippen MR) is 62.9 cm³/mol. The van der Waals surface area contributed by atoms with E-state index in [2.05, 4.69) is 15.3 Å². The van der Waals surface area contributed by atoms with Crippen LogP contribution in [0.2, 0.25) is 0 Å². The van der Waals surface area contributed by atoms with Crippen molar-refractivity contribution < 1.29 is 4.92 Å². The molecule has 1 N–H and O–H groups in total. The summed E-state index contributed by atoms with van der Waals surface area (Å²) in [5.41, 5.74) is 0. The Labute approximate surface area is 99.1 Å². The van der Waals surface area contributed by atoms with Crippen LogP contribution in [0.1, 0.15) is 9.88 Å². The fourth-order valence-electron chi connectivity index (χ4n) is 1.08. The van der Waals surface area contributed by atoms with Gasteiger partial charge in [0.15, 0.2) is 5.13 Å². The molecular weight excluding hydrogens is 248 g/mol. The van der Waals surface area contributed by atoms with E-state index in [0.717, 1.165) is 21.2 Å². The van der Waals surface area contributed by atoms with Crippen molar-refractivity contribution in [1.29, 1.82) is 0 Å². The number of anilines is 1. The number of rotatable bonds is 4. The summed E-state index contributed by atoms with van der Waals surface area (Å²) in [6.07, 6.45) is 3.04. The van der Waals surface area contributed by atoms with Crippen molar-refractivity contribution in [2.24, 2.45) is 0 Å². The molecular formula is C8H8N4O2S2. The smallest absolute Gasteiger partial charge is 0.345 e. The van der Waals surface area contributed by atoms with Crippen molar-refractivity contribution in [3.63, 3.8) is 0 Å². The topological polar surface area (TPSA) is 81.0 Å². The first-order valence-electron chi connectivity index (χ1n) is 4.40. The molecule has 0 atom stereocenters. The average molecular weight is 256 g/mol. The van der Waals surface area contributed by atoms with Gasteiger partial charge in [-0.25, -0.2) is 9.97 Å². The molecule has 0 saturated heterocycles. The fourth-order valence-corrected chi connectivity index (χ4v) is 2.44. The maximum Gasteiger partial charge on any atom is 0.345 e. The molecule has 2 rings (SSSR count). The minimum atomic E-state index is -0.445. The Morgan fingerprint density at radius 3 is 2.81 bits per heavy atom. The summed E-state index contributed by atoms with van der Waals surface area (Å²) in [4.78, 5) is 19.1.